The summed E-state index contributed by atoms with van der Waals surface area (Å²) in [5, 5.41) is 0. The van der Waals surface area contributed by atoms with Gasteiger partial charge in [-0.1, -0.05) is 0 Å². The van der Waals surface area contributed by atoms with Crippen LogP contribution in [0.1, 0.15) is 40.0 Å². The summed E-state index contributed by atoms with van der Waals surface area (Å²) in [4.78, 5) is 0. The van der Waals surface area contributed by atoms with Crippen molar-refractivity contribution in [3.05, 3.63) is 0 Å². The van der Waals surface area contributed by atoms with E-state index in [2.05, 4.69) is 23.9 Å². The molecule has 0 aromatic carbocycles. The van der Waals surface area contributed by atoms with Crippen molar-refractivity contribution in [1.82, 2.24) is 3.11 Å². The number of alkyl halides is 1. The summed E-state index contributed by atoms with van der Waals surface area (Å²) < 4.78 is 4.23. The molecule has 1 nitrogen and oxygen atoms in total. The van der Waals surface area contributed by atoms with E-state index in [9.17, 15) is 0 Å². The molecule has 13 heavy (non-hydrogen) atoms. The standard InChI is InChI=1S/C11H23IN/c1-4-11-7-6-8-13(5-2)12-9-10(11)3/h10-11H,4-9H2,1-3H3/q-1/t10-,11+/m1/s1. The zero-order chi connectivity index (χ0) is 9.68. The summed E-state index contributed by atoms with van der Waals surface area (Å²) >= 11 is 0.363. The van der Waals surface area contributed by atoms with E-state index in [4.69, 9.17) is 0 Å². The molecule has 1 aliphatic heterocycles. The molecule has 0 spiro atoms. The van der Waals surface area contributed by atoms with Gasteiger partial charge >= 0.3 is 94.0 Å². The van der Waals surface area contributed by atoms with Gasteiger partial charge in [-0.15, -0.1) is 0 Å². The molecule has 2 heteroatoms. The van der Waals surface area contributed by atoms with Crippen LogP contribution in [0.15, 0.2) is 0 Å². The first-order valence-corrected chi connectivity index (χ1v) is 8.11. The van der Waals surface area contributed by atoms with Crippen molar-refractivity contribution in [3.8, 4) is 0 Å². The average molecular weight is 296 g/mol. The third-order valence-electron chi connectivity index (χ3n) is 3.13. The van der Waals surface area contributed by atoms with Gasteiger partial charge in [-0.2, -0.15) is 0 Å². The second-order valence-corrected chi connectivity index (χ2v) is 6.99. The van der Waals surface area contributed by atoms with Crippen LogP contribution < -0.4 is 21.5 Å². The molecule has 0 aromatic heterocycles. The van der Waals surface area contributed by atoms with Crippen LogP contribution in [0.4, 0.5) is 0 Å². The van der Waals surface area contributed by atoms with Crippen molar-refractivity contribution in [3.63, 3.8) is 0 Å². The average Bonchev–Trinajstić information content (AvgIpc) is 2.13. The molecule has 0 saturated carbocycles. The second-order valence-electron chi connectivity index (χ2n) is 4.06. The van der Waals surface area contributed by atoms with Crippen LogP contribution in [0.3, 0.4) is 0 Å². The molecule has 1 saturated heterocycles. The van der Waals surface area contributed by atoms with Crippen molar-refractivity contribution in [2.24, 2.45) is 11.8 Å². The zero-order valence-corrected chi connectivity index (χ0v) is 11.4. The van der Waals surface area contributed by atoms with Gasteiger partial charge in [-0.3, -0.25) is 0 Å². The van der Waals surface area contributed by atoms with E-state index < -0.39 is 0 Å². The third kappa shape index (κ3) is 3.74. The Kier molecular flexibility index (Phi) is 5.63. The molecule has 0 unspecified atom stereocenters. The van der Waals surface area contributed by atoms with E-state index in [1.807, 2.05) is 0 Å². The predicted octanol–water partition coefficient (Wildman–Crippen LogP) is -0.232. The zero-order valence-electron chi connectivity index (χ0n) is 9.22. The summed E-state index contributed by atoms with van der Waals surface area (Å²) in [5.41, 5.74) is 0. The van der Waals surface area contributed by atoms with E-state index in [0.717, 1.165) is 11.8 Å². The number of nitrogens with zero attached hydrogens (tertiary/aromatic N) is 1. The Morgan fingerprint density at radius 3 is 2.77 bits per heavy atom. The summed E-state index contributed by atoms with van der Waals surface area (Å²) in [6.07, 6.45) is 4.31. The molecule has 80 valence electrons. The predicted molar refractivity (Wildman–Crippen MR) is 54.3 cm³/mol. The quantitative estimate of drug-likeness (QED) is 0.386. The van der Waals surface area contributed by atoms with E-state index >= 15 is 0 Å². The molecule has 1 fully saturated rings. The van der Waals surface area contributed by atoms with Gasteiger partial charge < -0.3 is 0 Å². The van der Waals surface area contributed by atoms with Crippen molar-refractivity contribution >= 4 is 0 Å². The molecule has 0 aromatic rings. The van der Waals surface area contributed by atoms with Gasteiger partial charge in [0, 0.05) is 0 Å². The van der Waals surface area contributed by atoms with Gasteiger partial charge in [-0.25, -0.2) is 0 Å². The van der Waals surface area contributed by atoms with Crippen molar-refractivity contribution in [2.75, 3.05) is 17.5 Å². The Morgan fingerprint density at radius 2 is 2.15 bits per heavy atom. The molecule has 0 radical (unpaired) electrons. The van der Waals surface area contributed by atoms with Gasteiger partial charge in [0.1, 0.15) is 0 Å². The number of halogens is 1. The van der Waals surface area contributed by atoms with E-state index in [0.29, 0.717) is 21.5 Å². The van der Waals surface area contributed by atoms with Gasteiger partial charge in [0.15, 0.2) is 0 Å². The Bertz CT molecular complexity index is 138. The molecule has 0 N–H and O–H groups in total. The Morgan fingerprint density at radius 1 is 1.38 bits per heavy atom. The molecular weight excluding hydrogens is 273 g/mol. The fourth-order valence-corrected chi connectivity index (χ4v) is 5.11. The van der Waals surface area contributed by atoms with E-state index in [1.54, 1.807) is 0 Å². The molecule has 1 aliphatic rings. The number of rotatable bonds is 2. The molecule has 1 heterocycles. The van der Waals surface area contributed by atoms with Crippen LogP contribution in [-0.4, -0.2) is 20.6 Å². The fraction of sp³-hybridized carbons (Fsp3) is 1.00. The maximum atomic E-state index is 2.71. The van der Waals surface area contributed by atoms with Crippen molar-refractivity contribution < 1.29 is 21.5 Å². The minimum atomic E-state index is 0.363. The second kappa shape index (κ2) is 6.23. The summed E-state index contributed by atoms with van der Waals surface area (Å²) in [6, 6.07) is 0. The molecule has 1 rings (SSSR count). The van der Waals surface area contributed by atoms with Gasteiger partial charge in [0.2, 0.25) is 0 Å². The van der Waals surface area contributed by atoms with Crippen LogP contribution in [-0.2, 0) is 0 Å². The van der Waals surface area contributed by atoms with Crippen LogP contribution in [0.25, 0.3) is 0 Å². The molecule has 0 aliphatic carbocycles. The SMILES string of the molecule is CC[C@H]1CCCN(CC)[I-]C[C@H]1C. The minimum absolute atomic E-state index is 0.363. The first-order valence-electron chi connectivity index (χ1n) is 5.62. The number of hydrogen-bond donors (Lipinski definition) is 0. The maximum absolute atomic E-state index is 2.71. The molecular formula is C11H23IN-. The monoisotopic (exact) mass is 296 g/mol. The molecule has 0 bridgehead atoms. The Balaban J connectivity index is 2.38. The number of hydrogen-bond acceptors (Lipinski definition) is 1. The van der Waals surface area contributed by atoms with Crippen LogP contribution >= 0.6 is 0 Å². The van der Waals surface area contributed by atoms with Crippen LogP contribution in [0, 0.1) is 11.8 Å². The molecule has 0 amide bonds. The normalized spacial score (nSPS) is 33.2. The van der Waals surface area contributed by atoms with Gasteiger partial charge in [0.25, 0.3) is 0 Å². The fourth-order valence-electron chi connectivity index (χ4n) is 2.05. The molecule has 2 atom stereocenters. The summed E-state index contributed by atoms with van der Waals surface area (Å²) in [5.74, 6) is 2.02. The van der Waals surface area contributed by atoms with Gasteiger partial charge in [-0.05, 0) is 0 Å². The van der Waals surface area contributed by atoms with Crippen molar-refractivity contribution in [1.29, 1.82) is 0 Å². The first kappa shape index (κ1) is 11.8. The Hall–Kier alpha value is 0.690. The Labute approximate surface area is 93.9 Å². The third-order valence-corrected chi connectivity index (χ3v) is 7.04. The van der Waals surface area contributed by atoms with Crippen molar-refractivity contribution in [2.45, 2.75) is 40.0 Å². The van der Waals surface area contributed by atoms with Crippen LogP contribution in [0.5, 0.6) is 0 Å². The topological polar surface area (TPSA) is 3.24 Å². The summed E-state index contributed by atoms with van der Waals surface area (Å²) in [6.45, 7) is 9.80. The van der Waals surface area contributed by atoms with E-state index in [-0.39, 0.29) is 0 Å². The van der Waals surface area contributed by atoms with Gasteiger partial charge in [0.05, 0.1) is 0 Å². The first-order chi connectivity index (χ1) is 6.27. The summed E-state index contributed by atoms with van der Waals surface area (Å²) in [7, 11) is 0. The van der Waals surface area contributed by atoms with Crippen LogP contribution in [0.2, 0.25) is 0 Å². The van der Waals surface area contributed by atoms with E-state index in [1.165, 1.54) is 36.8 Å².